The van der Waals surface area contributed by atoms with Gasteiger partial charge < -0.3 is 19.9 Å². The lowest BCUT2D eigenvalue weighted by molar-refractivity contribution is 0.174. The average molecular weight is 275 g/mol. The second-order valence-electron chi connectivity index (χ2n) is 4.56. The van der Waals surface area contributed by atoms with Crippen molar-refractivity contribution in [2.24, 2.45) is 0 Å². The normalized spacial score (nSPS) is 12.7. The Morgan fingerprint density at radius 1 is 1.05 bits per heavy atom. The van der Waals surface area contributed by atoms with Crippen LogP contribution in [0.3, 0.4) is 0 Å². The van der Waals surface area contributed by atoms with E-state index in [1.54, 1.807) is 0 Å². The van der Waals surface area contributed by atoms with Crippen LogP contribution >= 0.6 is 0 Å². The Balaban J connectivity index is 1.61. The van der Waals surface area contributed by atoms with Crippen LogP contribution in [0.2, 0.25) is 0 Å². The van der Waals surface area contributed by atoms with E-state index < -0.39 is 0 Å². The topological polar surface area (TPSA) is 50.7 Å². The minimum atomic E-state index is -0.359. The molecule has 1 aliphatic rings. The van der Waals surface area contributed by atoms with E-state index in [1.807, 2.05) is 18.2 Å². The molecule has 2 aromatic rings. The SMILES string of the molecule is Oc1ccc(F)cc1CNCc1ccc2c(c1)OCO2. The van der Waals surface area contributed by atoms with Crippen molar-refractivity contribution in [3.8, 4) is 17.2 Å². The molecule has 0 aliphatic carbocycles. The first-order valence-corrected chi connectivity index (χ1v) is 6.29. The summed E-state index contributed by atoms with van der Waals surface area (Å²) in [5.74, 6) is 1.21. The molecule has 0 saturated heterocycles. The van der Waals surface area contributed by atoms with Crippen molar-refractivity contribution in [1.29, 1.82) is 0 Å². The maximum Gasteiger partial charge on any atom is 0.231 e. The maximum atomic E-state index is 13.1. The van der Waals surface area contributed by atoms with Gasteiger partial charge in [0.05, 0.1) is 0 Å². The van der Waals surface area contributed by atoms with Crippen LogP contribution < -0.4 is 14.8 Å². The van der Waals surface area contributed by atoms with E-state index in [4.69, 9.17) is 9.47 Å². The van der Waals surface area contributed by atoms with Crippen LogP contribution in [-0.4, -0.2) is 11.9 Å². The van der Waals surface area contributed by atoms with Gasteiger partial charge in [-0.05, 0) is 35.9 Å². The molecule has 0 unspecified atom stereocenters. The van der Waals surface area contributed by atoms with Gasteiger partial charge in [-0.1, -0.05) is 6.07 Å². The molecule has 0 spiro atoms. The van der Waals surface area contributed by atoms with Crippen molar-refractivity contribution >= 4 is 0 Å². The summed E-state index contributed by atoms with van der Waals surface area (Å²) >= 11 is 0. The Bertz CT molecular complexity index is 631. The number of nitrogens with one attached hydrogen (secondary N) is 1. The van der Waals surface area contributed by atoms with Gasteiger partial charge >= 0.3 is 0 Å². The number of phenolic OH excluding ortho intramolecular Hbond substituents is 1. The van der Waals surface area contributed by atoms with E-state index in [0.717, 1.165) is 17.1 Å². The van der Waals surface area contributed by atoms with Gasteiger partial charge in [-0.15, -0.1) is 0 Å². The highest BCUT2D eigenvalue weighted by Crippen LogP contribution is 2.32. The van der Waals surface area contributed by atoms with Crippen molar-refractivity contribution in [2.45, 2.75) is 13.1 Å². The zero-order valence-corrected chi connectivity index (χ0v) is 10.7. The molecule has 0 bridgehead atoms. The van der Waals surface area contributed by atoms with Crippen molar-refractivity contribution in [3.63, 3.8) is 0 Å². The molecule has 5 heteroatoms. The summed E-state index contributed by atoms with van der Waals surface area (Å²) in [6.45, 7) is 1.23. The third kappa shape index (κ3) is 2.67. The van der Waals surface area contributed by atoms with Gasteiger partial charge in [-0.2, -0.15) is 0 Å². The lowest BCUT2D eigenvalue weighted by Gasteiger charge is -2.08. The number of phenols is 1. The van der Waals surface area contributed by atoms with Crippen molar-refractivity contribution in [1.82, 2.24) is 5.32 Å². The Morgan fingerprint density at radius 3 is 2.80 bits per heavy atom. The molecule has 1 aliphatic heterocycles. The number of halogens is 1. The third-order valence-corrected chi connectivity index (χ3v) is 3.12. The second-order valence-corrected chi connectivity index (χ2v) is 4.56. The van der Waals surface area contributed by atoms with E-state index in [-0.39, 0.29) is 18.4 Å². The molecule has 20 heavy (non-hydrogen) atoms. The molecule has 4 nitrogen and oxygen atoms in total. The first kappa shape index (κ1) is 12.7. The molecule has 0 atom stereocenters. The monoisotopic (exact) mass is 275 g/mol. The minimum Gasteiger partial charge on any atom is -0.508 e. The fraction of sp³-hybridized carbons (Fsp3) is 0.200. The van der Waals surface area contributed by atoms with Crippen molar-refractivity contribution in [3.05, 3.63) is 53.3 Å². The second kappa shape index (κ2) is 5.38. The number of rotatable bonds is 4. The van der Waals surface area contributed by atoms with Gasteiger partial charge in [0.15, 0.2) is 11.5 Å². The Hall–Kier alpha value is -2.27. The Kier molecular flexibility index (Phi) is 3.43. The highest BCUT2D eigenvalue weighted by molar-refractivity contribution is 5.44. The van der Waals surface area contributed by atoms with E-state index in [2.05, 4.69) is 5.32 Å². The standard InChI is InChI=1S/C15H14FNO3/c16-12-2-3-13(18)11(6-12)8-17-7-10-1-4-14-15(5-10)20-9-19-14/h1-6,17-18H,7-9H2. The molecule has 0 saturated carbocycles. The Labute approximate surface area is 115 Å². The zero-order chi connectivity index (χ0) is 13.9. The smallest absolute Gasteiger partial charge is 0.231 e. The summed E-state index contributed by atoms with van der Waals surface area (Å²) in [7, 11) is 0. The van der Waals surface area contributed by atoms with Crippen LogP contribution in [0.5, 0.6) is 17.2 Å². The van der Waals surface area contributed by atoms with Gasteiger partial charge in [0.2, 0.25) is 6.79 Å². The maximum absolute atomic E-state index is 13.1. The predicted octanol–water partition coefficient (Wildman–Crippen LogP) is 2.55. The molecular weight excluding hydrogens is 261 g/mol. The number of fused-ring (bicyclic) bond motifs is 1. The first-order chi connectivity index (χ1) is 9.72. The van der Waals surface area contributed by atoms with Crippen LogP contribution in [0.4, 0.5) is 4.39 Å². The van der Waals surface area contributed by atoms with Gasteiger partial charge in [-0.3, -0.25) is 0 Å². The minimum absolute atomic E-state index is 0.0876. The van der Waals surface area contributed by atoms with Crippen molar-refractivity contribution in [2.75, 3.05) is 6.79 Å². The fourth-order valence-corrected chi connectivity index (χ4v) is 2.09. The Morgan fingerprint density at radius 2 is 1.90 bits per heavy atom. The molecule has 0 radical (unpaired) electrons. The van der Waals surface area contributed by atoms with E-state index in [9.17, 15) is 9.50 Å². The summed E-state index contributed by atoms with van der Waals surface area (Å²) in [6, 6.07) is 9.61. The number of benzene rings is 2. The van der Waals surface area contributed by atoms with Crippen LogP contribution in [-0.2, 0) is 13.1 Å². The van der Waals surface area contributed by atoms with E-state index >= 15 is 0 Å². The lowest BCUT2D eigenvalue weighted by Crippen LogP contribution is -2.12. The summed E-state index contributed by atoms with van der Waals surface area (Å²) in [5, 5.41) is 12.8. The van der Waals surface area contributed by atoms with Crippen LogP contribution in [0.1, 0.15) is 11.1 Å². The molecule has 104 valence electrons. The summed E-state index contributed by atoms with van der Waals surface area (Å²) in [6.07, 6.45) is 0. The van der Waals surface area contributed by atoms with Crippen LogP contribution in [0.15, 0.2) is 36.4 Å². The largest absolute Gasteiger partial charge is 0.508 e. The fourth-order valence-electron chi connectivity index (χ4n) is 2.09. The number of ether oxygens (including phenoxy) is 2. The van der Waals surface area contributed by atoms with E-state index in [1.165, 1.54) is 18.2 Å². The van der Waals surface area contributed by atoms with Gasteiger partial charge in [0.25, 0.3) is 0 Å². The molecule has 3 rings (SSSR count). The van der Waals surface area contributed by atoms with Crippen LogP contribution in [0, 0.1) is 5.82 Å². The number of aromatic hydroxyl groups is 1. The van der Waals surface area contributed by atoms with Crippen molar-refractivity contribution < 1.29 is 19.0 Å². The molecular formula is C15H14FNO3. The van der Waals surface area contributed by atoms with Crippen LogP contribution in [0.25, 0.3) is 0 Å². The summed E-state index contributed by atoms with van der Waals surface area (Å²) in [5.41, 5.74) is 1.57. The molecule has 0 fully saturated rings. The number of hydrogen-bond acceptors (Lipinski definition) is 4. The third-order valence-electron chi connectivity index (χ3n) is 3.12. The highest BCUT2D eigenvalue weighted by Gasteiger charge is 2.12. The van der Waals surface area contributed by atoms with E-state index in [0.29, 0.717) is 18.7 Å². The highest BCUT2D eigenvalue weighted by atomic mass is 19.1. The molecule has 2 N–H and O–H groups in total. The molecule has 2 aromatic carbocycles. The molecule has 0 amide bonds. The first-order valence-electron chi connectivity index (χ1n) is 6.29. The van der Waals surface area contributed by atoms with Gasteiger partial charge in [-0.25, -0.2) is 4.39 Å². The molecule has 0 aromatic heterocycles. The number of hydrogen-bond donors (Lipinski definition) is 2. The average Bonchev–Trinajstić information content (AvgIpc) is 2.90. The summed E-state index contributed by atoms with van der Waals surface area (Å²) < 4.78 is 23.6. The quantitative estimate of drug-likeness (QED) is 0.900. The zero-order valence-electron chi connectivity index (χ0n) is 10.7. The lowest BCUT2D eigenvalue weighted by atomic mass is 10.1. The predicted molar refractivity (Wildman–Crippen MR) is 71.2 cm³/mol. The van der Waals surface area contributed by atoms with Gasteiger partial charge in [0, 0.05) is 18.7 Å². The molecule has 1 heterocycles. The summed E-state index contributed by atoms with van der Waals surface area (Å²) in [4.78, 5) is 0. The van der Waals surface area contributed by atoms with Gasteiger partial charge in [0.1, 0.15) is 11.6 Å².